The van der Waals surface area contributed by atoms with Crippen LogP contribution in [0.4, 0.5) is 5.82 Å². The monoisotopic (exact) mass is 346 g/mol. The van der Waals surface area contributed by atoms with E-state index in [1.54, 1.807) is 12.1 Å². The standard InChI is InChI=1S/C19H14N4O3/c1-11-2-6-13(7-3-11)16-15(19(25)26)17(23-22-16)21-18(24)14-8-4-12(10-20)5-9-14/h2-9H,1H3,(H,25,26)(H2,21,22,23,24). The number of carboxylic acid groups (broad SMARTS) is 1. The van der Waals surface area contributed by atoms with Crippen LogP contribution >= 0.6 is 0 Å². The van der Waals surface area contributed by atoms with Gasteiger partial charge in [0, 0.05) is 11.1 Å². The molecule has 0 unspecified atom stereocenters. The van der Waals surface area contributed by atoms with Crippen LogP contribution in [0.3, 0.4) is 0 Å². The summed E-state index contributed by atoms with van der Waals surface area (Å²) in [6, 6.07) is 15.2. The summed E-state index contributed by atoms with van der Waals surface area (Å²) in [7, 11) is 0. The average Bonchev–Trinajstić information content (AvgIpc) is 3.06. The number of hydrogen-bond acceptors (Lipinski definition) is 4. The van der Waals surface area contributed by atoms with Crippen molar-refractivity contribution < 1.29 is 14.7 Å². The van der Waals surface area contributed by atoms with Crippen molar-refractivity contribution in [2.45, 2.75) is 6.92 Å². The summed E-state index contributed by atoms with van der Waals surface area (Å²) in [5.41, 5.74) is 2.61. The van der Waals surface area contributed by atoms with Crippen LogP contribution < -0.4 is 5.32 Å². The number of hydrogen-bond donors (Lipinski definition) is 3. The van der Waals surface area contributed by atoms with Gasteiger partial charge in [-0.25, -0.2) is 4.79 Å². The van der Waals surface area contributed by atoms with Crippen molar-refractivity contribution in [1.29, 1.82) is 5.26 Å². The maximum absolute atomic E-state index is 12.3. The molecule has 128 valence electrons. The zero-order chi connectivity index (χ0) is 18.7. The van der Waals surface area contributed by atoms with Crippen molar-refractivity contribution in [1.82, 2.24) is 10.2 Å². The van der Waals surface area contributed by atoms with Gasteiger partial charge in [0.2, 0.25) is 0 Å². The second-order valence-electron chi connectivity index (χ2n) is 5.64. The van der Waals surface area contributed by atoms with Crippen molar-refractivity contribution in [2.24, 2.45) is 0 Å². The highest BCUT2D eigenvalue weighted by Gasteiger charge is 2.22. The van der Waals surface area contributed by atoms with Crippen LogP contribution in [0.1, 0.15) is 31.8 Å². The number of carbonyl (C=O) groups excluding carboxylic acids is 1. The zero-order valence-corrected chi connectivity index (χ0v) is 13.8. The molecular weight excluding hydrogens is 332 g/mol. The van der Waals surface area contributed by atoms with E-state index in [1.807, 2.05) is 25.1 Å². The lowest BCUT2D eigenvalue weighted by atomic mass is 10.1. The molecule has 1 aromatic heterocycles. The highest BCUT2D eigenvalue weighted by atomic mass is 16.4. The first-order chi connectivity index (χ1) is 12.5. The molecule has 3 N–H and O–H groups in total. The van der Waals surface area contributed by atoms with Gasteiger partial charge in [0.05, 0.1) is 17.3 Å². The van der Waals surface area contributed by atoms with Crippen molar-refractivity contribution in [3.05, 3.63) is 70.8 Å². The number of anilines is 1. The molecule has 0 aliphatic heterocycles. The molecule has 2 aromatic carbocycles. The van der Waals surface area contributed by atoms with E-state index >= 15 is 0 Å². The number of nitriles is 1. The van der Waals surface area contributed by atoms with E-state index < -0.39 is 11.9 Å². The summed E-state index contributed by atoms with van der Waals surface area (Å²) in [5, 5.41) is 27.5. The summed E-state index contributed by atoms with van der Waals surface area (Å²) in [6.07, 6.45) is 0. The molecule has 7 heteroatoms. The molecule has 1 amide bonds. The highest BCUT2D eigenvalue weighted by Crippen LogP contribution is 2.27. The number of H-pyrrole nitrogens is 1. The number of aryl methyl sites for hydroxylation is 1. The number of aromatic nitrogens is 2. The van der Waals surface area contributed by atoms with Gasteiger partial charge in [-0.3, -0.25) is 9.89 Å². The molecule has 0 saturated heterocycles. The highest BCUT2D eigenvalue weighted by molar-refractivity contribution is 6.08. The topological polar surface area (TPSA) is 119 Å². The fourth-order valence-electron chi connectivity index (χ4n) is 2.45. The Kier molecular flexibility index (Phi) is 4.50. The van der Waals surface area contributed by atoms with Gasteiger partial charge in [0.25, 0.3) is 5.91 Å². The lowest BCUT2D eigenvalue weighted by molar-refractivity contribution is 0.0699. The number of aromatic carboxylic acids is 1. The molecule has 3 rings (SSSR count). The Labute approximate surface area is 148 Å². The van der Waals surface area contributed by atoms with Gasteiger partial charge >= 0.3 is 5.97 Å². The van der Waals surface area contributed by atoms with Crippen molar-refractivity contribution >= 4 is 17.7 Å². The van der Waals surface area contributed by atoms with Crippen molar-refractivity contribution in [3.8, 4) is 17.3 Å². The summed E-state index contributed by atoms with van der Waals surface area (Å²) in [5.74, 6) is -1.79. The molecule has 0 spiro atoms. The molecular formula is C19H14N4O3. The largest absolute Gasteiger partial charge is 0.477 e. The third-order valence-corrected chi connectivity index (χ3v) is 3.83. The number of benzene rings is 2. The van der Waals surface area contributed by atoms with E-state index in [0.717, 1.165) is 5.56 Å². The quantitative estimate of drug-likeness (QED) is 0.670. The molecule has 1 heterocycles. The molecule has 0 aliphatic carbocycles. The van der Waals surface area contributed by atoms with Crippen LogP contribution in [0.5, 0.6) is 0 Å². The predicted molar refractivity (Wildman–Crippen MR) is 94.8 cm³/mol. The number of rotatable bonds is 4. The molecule has 0 aliphatic rings. The third-order valence-electron chi connectivity index (χ3n) is 3.83. The summed E-state index contributed by atoms with van der Waals surface area (Å²) >= 11 is 0. The van der Waals surface area contributed by atoms with E-state index in [4.69, 9.17) is 5.26 Å². The predicted octanol–water partition coefficient (Wildman–Crippen LogP) is 3.21. The first kappa shape index (κ1) is 16.9. The maximum Gasteiger partial charge on any atom is 0.341 e. The summed E-state index contributed by atoms with van der Waals surface area (Å²) < 4.78 is 0. The maximum atomic E-state index is 12.3. The minimum absolute atomic E-state index is 0.0672. The van der Waals surface area contributed by atoms with Crippen LogP contribution in [-0.2, 0) is 0 Å². The minimum atomic E-state index is -1.20. The third kappa shape index (κ3) is 3.30. The molecule has 0 fully saturated rings. The Balaban J connectivity index is 1.92. The number of carbonyl (C=O) groups is 2. The van der Waals surface area contributed by atoms with Crippen molar-refractivity contribution in [3.63, 3.8) is 0 Å². The molecule has 0 radical (unpaired) electrons. The lowest BCUT2D eigenvalue weighted by Gasteiger charge is -2.05. The number of aromatic amines is 1. The minimum Gasteiger partial charge on any atom is -0.477 e. The van der Waals surface area contributed by atoms with Gasteiger partial charge in [-0.2, -0.15) is 10.4 Å². The molecule has 3 aromatic rings. The van der Waals surface area contributed by atoms with Crippen LogP contribution in [0, 0.1) is 18.3 Å². The zero-order valence-electron chi connectivity index (χ0n) is 13.8. The SMILES string of the molecule is Cc1ccc(-c2[nH]nc(NC(=O)c3ccc(C#N)cc3)c2C(=O)O)cc1. The normalized spacial score (nSPS) is 10.2. The fraction of sp³-hybridized carbons (Fsp3) is 0.0526. The second kappa shape index (κ2) is 6.91. The Morgan fingerprint density at radius 1 is 1.12 bits per heavy atom. The lowest BCUT2D eigenvalue weighted by Crippen LogP contribution is -2.14. The van der Waals surface area contributed by atoms with Gasteiger partial charge in [0.1, 0.15) is 5.56 Å². The number of nitrogens with zero attached hydrogens (tertiary/aromatic N) is 2. The number of carboxylic acids is 1. The Hall–Kier alpha value is -3.92. The van der Waals surface area contributed by atoms with Crippen LogP contribution in [-0.4, -0.2) is 27.2 Å². The van der Waals surface area contributed by atoms with E-state index in [1.165, 1.54) is 24.3 Å². The van der Waals surface area contributed by atoms with Gasteiger partial charge in [-0.1, -0.05) is 29.8 Å². The van der Waals surface area contributed by atoms with E-state index in [9.17, 15) is 14.7 Å². The smallest absolute Gasteiger partial charge is 0.341 e. The number of amides is 1. The van der Waals surface area contributed by atoms with Gasteiger partial charge in [-0.15, -0.1) is 0 Å². The van der Waals surface area contributed by atoms with E-state index in [2.05, 4.69) is 15.5 Å². The first-order valence-corrected chi connectivity index (χ1v) is 7.70. The molecule has 0 saturated carbocycles. The van der Waals surface area contributed by atoms with Crippen molar-refractivity contribution in [2.75, 3.05) is 5.32 Å². The second-order valence-corrected chi connectivity index (χ2v) is 5.64. The van der Waals surface area contributed by atoms with Crippen LogP contribution in [0.15, 0.2) is 48.5 Å². The van der Waals surface area contributed by atoms with Crippen LogP contribution in [0.25, 0.3) is 11.3 Å². The Morgan fingerprint density at radius 3 is 2.35 bits per heavy atom. The van der Waals surface area contributed by atoms with Crippen LogP contribution in [0.2, 0.25) is 0 Å². The number of nitrogens with one attached hydrogen (secondary N) is 2. The summed E-state index contributed by atoms with van der Waals surface area (Å²) in [6.45, 7) is 1.93. The summed E-state index contributed by atoms with van der Waals surface area (Å²) in [4.78, 5) is 24.0. The fourth-order valence-corrected chi connectivity index (χ4v) is 2.45. The molecule has 26 heavy (non-hydrogen) atoms. The average molecular weight is 346 g/mol. The Bertz CT molecular complexity index is 1010. The van der Waals surface area contributed by atoms with Gasteiger partial charge in [0.15, 0.2) is 5.82 Å². The first-order valence-electron chi connectivity index (χ1n) is 7.70. The van der Waals surface area contributed by atoms with Gasteiger partial charge < -0.3 is 10.4 Å². The van der Waals surface area contributed by atoms with Gasteiger partial charge in [-0.05, 0) is 31.2 Å². The van der Waals surface area contributed by atoms with E-state index in [-0.39, 0.29) is 11.4 Å². The molecule has 7 nitrogen and oxygen atoms in total. The molecule has 0 bridgehead atoms. The Morgan fingerprint density at radius 2 is 1.77 bits per heavy atom. The molecule has 0 atom stereocenters. The van der Waals surface area contributed by atoms with E-state index in [0.29, 0.717) is 22.4 Å².